The van der Waals surface area contributed by atoms with Gasteiger partial charge in [-0.05, 0) is 37.2 Å². The number of aromatic nitrogens is 2. The summed E-state index contributed by atoms with van der Waals surface area (Å²) in [6, 6.07) is 7.02. The molecule has 1 aromatic carbocycles. The number of nitrogens with zero attached hydrogens (tertiary/aromatic N) is 3. The van der Waals surface area contributed by atoms with Gasteiger partial charge in [-0.1, -0.05) is 17.7 Å². The molecule has 1 saturated heterocycles. The monoisotopic (exact) mass is 352 g/mol. The summed E-state index contributed by atoms with van der Waals surface area (Å²) in [5.41, 5.74) is 0.899. The molecular formula is C17H22ClFN4O. The highest BCUT2D eigenvalue weighted by atomic mass is 35.5. The second-order valence-corrected chi connectivity index (χ2v) is 6.69. The minimum Gasteiger partial charge on any atom is -0.390 e. The van der Waals surface area contributed by atoms with Crippen LogP contribution >= 0.6 is 11.6 Å². The number of likely N-dealkylation sites (N-methyl/N-ethyl adjacent to an activating group) is 1. The molecule has 1 aliphatic heterocycles. The molecule has 0 aliphatic carbocycles. The van der Waals surface area contributed by atoms with Gasteiger partial charge in [0.1, 0.15) is 5.82 Å². The van der Waals surface area contributed by atoms with Crippen LogP contribution in [0.1, 0.15) is 18.0 Å². The minimum atomic E-state index is -0.529. The average Bonchev–Trinajstić information content (AvgIpc) is 3.18. The van der Waals surface area contributed by atoms with Gasteiger partial charge in [-0.2, -0.15) is 5.10 Å². The van der Waals surface area contributed by atoms with Crippen LogP contribution in [0, 0.1) is 5.82 Å². The quantitative estimate of drug-likeness (QED) is 0.835. The van der Waals surface area contributed by atoms with E-state index in [0.717, 1.165) is 18.5 Å². The molecule has 0 saturated carbocycles. The number of hydrogen-bond acceptors (Lipinski definition) is 4. The van der Waals surface area contributed by atoms with Gasteiger partial charge < -0.3 is 10.4 Å². The molecule has 3 rings (SSSR count). The predicted octanol–water partition coefficient (Wildman–Crippen LogP) is 2.07. The van der Waals surface area contributed by atoms with E-state index in [9.17, 15) is 9.50 Å². The highest BCUT2D eigenvalue weighted by Gasteiger charge is 2.33. The van der Waals surface area contributed by atoms with Crippen molar-refractivity contribution in [3.05, 3.63) is 53.1 Å². The molecule has 2 aromatic rings. The molecule has 0 bridgehead atoms. The van der Waals surface area contributed by atoms with Crippen molar-refractivity contribution in [3.8, 4) is 0 Å². The summed E-state index contributed by atoms with van der Waals surface area (Å²) >= 11 is 5.78. The summed E-state index contributed by atoms with van der Waals surface area (Å²) in [5.74, 6) is -0.396. The first-order chi connectivity index (χ1) is 11.5. The normalized spacial score (nSPS) is 22.8. The molecule has 0 amide bonds. The van der Waals surface area contributed by atoms with Gasteiger partial charge in [-0.15, -0.1) is 0 Å². The average molecular weight is 353 g/mol. The van der Waals surface area contributed by atoms with E-state index in [1.807, 2.05) is 25.4 Å². The number of rotatable bonds is 6. The third kappa shape index (κ3) is 3.95. The van der Waals surface area contributed by atoms with Gasteiger partial charge in [0.15, 0.2) is 0 Å². The van der Waals surface area contributed by atoms with Crippen LogP contribution < -0.4 is 5.32 Å². The molecule has 2 heterocycles. The van der Waals surface area contributed by atoms with Crippen molar-refractivity contribution in [1.29, 1.82) is 0 Å². The third-order valence-electron chi connectivity index (χ3n) is 4.51. The smallest absolute Gasteiger partial charge is 0.142 e. The SMILES string of the molecule is CN1CC[C@@H](NCC(O)Cn2cccn2)[C@@H]1c1ccc(Cl)c(F)c1. The van der Waals surface area contributed by atoms with E-state index in [2.05, 4.69) is 15.3 Å². The summed E-state index contributed by atoms with van der Waals surface area (Å²) < 4.78 is 15.5. The van der Waals surface area contributed by atoms with E-state index in [1.165, 1.54) is 6.07 Å². The van der Waals surface area contributed by atoms with Gasteiger partial charge in [-0.25, -0.2) is 4.39 Å². The molecule has 1 aromatic heterocycles. The van der Waals surface area contributed by atoms with Crippen molar-refractivity contribution in [1.82, 2.24) is 20.0 Å². The molecule has 3 atom stereocenters. The summed E-state index contributed by atoms with van der Waals surface area (Å²) in [7, 11) is 2.03. The lowest BCUT2D eigenvalue weighted by Crippen LogP contribution is -2.40. The van der Waals surface area contributed by atoms with E-state index in [-0.39, 0.29) is 17.1 Å². The molecule has 0 radical (unpaired) electrons. The zero-order valence-corrected chi connectivity index (χ0v) is 14.3. The second-order valence-electron chi connectivity index (χ2n) is 6.28. The second kappa shape index (κ2) is 7.61. The van der Waals surface area contributed by atoms with Crippen LogP contribution in [0.4, 0.5) is 4.39 Å². The van der Waals surface area contributed by atoms with Crippen LogP contribution in [0.15, 0.2) is 36.7 Å². The van der Waals surface area contributed by atoms with Crippen molar-refractivity contribution >= 4 is 11.6 Å². The van der Waals surface area contributed by atoms with E-state index in [4.69, 9.17) is 11.6 Å². The fourth-order valence-electron chi connectivity index (χ4n) is 3.32. The highest BCUT2D eigenvalue weighted by Crippen LogP contribution is 2.32. The molecule has 1 aliphatic rings. The van der Waals surface area contributed by atoms with Crippen molar-refractivity contribution in [2.45, 2.75) is 31.2 Å². The Morgan fingerprint density at radius 2 is 2.33 bits per heavy atom. The minimum absolute atomic E-state index is 0.0636. The Labute approximate surface area is 146 Å². The Bertz CT molecular complexity index is 667. The molecule has 0 spiro atoms. The topological polar surface area (TPSA) is 53.3 Å². The Hall–Kier alpha value is -1.47. The van der Waals surface area contributed by atoms with Crippen LogP contribution in [-0.2, 0) is 6.54 Å². The van der Waals surface area contributed by atoms with Gasteiger partial charge in [0.2, 0.25) is 0 Å². The largest absolute Gasteiger partial charge is 0.390 e. The van der Waals surface area contributed by atoms with Crippen LogP contribution in [0.3, 0.4) is 0 Å². The molecule has 130 valence electrons. The number of benzene rings is 1. The highest BCUT2D eigenvalue weighted by molar-refractivity contribution is 6.30. The van der Waals surface area contributed by atoms with Crippen molar-refractivity contribution in [2.75, 3.05) is 20.1 Å². The number of aliphatic hydroxyl groups is 1. The Balaban J connectivity index is 1.62. The fourth-order valence-corrected chi connectivity index (χ4v) is 3.44. The number of aliphatic hydroxyl groups excluding tert-OH is 1. The predicted molar refractivity (Wildman–Crippen MR) is 91.4 cm³/mol. The maximum absolute atomic E-state index is 13.8. The summed E-state index contributed by atoms with van der Waals surface area (Å²) in [6.07, 6.45) is 3.93. The van der Waals surface area contributed by atoms with Crippen molar-refractivity contribution in [2.24, 2.45) is 0 Å². The molecule has 24 heavy (non-hydrogen) atoms. The lowest BCUT2D eigenvalue weighted by molar-refractivity contribution is 0.139. The Kier molecular flexibility index (Phi) is 5.50. The van der Waals surface area contributed by atoms with Crippen molar-refractivity contribution < 1.29 is 9.50 Å². The first-order valence-electron chi connectivity index (χ1n) is 8.08. The summed E-state index contributed by atoms with van der Waals surface area (Å²) in [5, 5.41) is 17.8. The summed E-state index contributed by atoms with van der Waals surface area (Å²) in [6.45, 7) is 1.83. The van der Waals surface area contributed by atoms with Crippen molar-refractivity contribution in [3.63, 3.8) is 0 Å². The van der Waals surface area contributed by atoms with E-state index in [1.54, 1.807) is 16.9 Å². The fraction of sp³-hybridized carbons (Fsp3) is 0.471. The van der Waals surface area contributed by atoms with Crippen LogP contribution in [0.5, 0.6) is 0 Å². The molecule has 1 unspecified atom stereocenters. The van der Waals surface area contributed by atoms with Crippen LogP contribution in [0.2, 0.25) is 5.02 Å². The Morgan fingerprint density at radius 1 is 1.50 bits per heavy atom. The van der Waals surface area contributed by atoms with E-state index >= 15 is 0 Å². The number of halogens is 2. The molecule has 1 fully saturated rings. The van der Waals surface area contributed by atoms with Gasteiger partial charge in [-0.3, -0.25) is 9.58 Å². The Morgan fingerprint density at radius 3 is 3.04 bits per heavy atom. The van der Waals surface area contributed by atoms with Gasteiger partial charge in [0.25, 0.3) is 0 Å². The first-order valence-corrected chi connectivity index (χ1v) is 8.46. The maximum Gasteiger partial charge on any atom is 0.142 e. The van der Waals surface area contributed by atoms with Crippen LogP contribution in [0.25, 0.3) is 0 Å². The number of hydrogen-bond donors (Lipinski definition) is 2. The molecule has 2 N–H and O–H groups in total. The van der Waals surface area contributed by atoms with E-state index < -0.39 is 11.9 Å². The van der Waals surface area contributed by atoms with Gasteiger partial charge in [0, 0.05) is 37.6 Å². The molecule has 7 heteroatoms. The maximum atomic E-state index is 13.8. The standard InChI is InChI=1S/C17H22ClFN4O/c1-22-8-5-16(17(22)12-3-4-14(18)15(19)9-12)20-10-13(24)11-23-7-2-6-21-23/h2-4,6-7,9,13,16-17,20,24H,5,8,10-11H2,1H3/t13?,16-,17+/m1/s1. The lowest BCUT2D eigenvalue weighted by Gasteiger charge is -2.27. The molecule has 5 nitrogen and oxygen atoms in total. The lowest BCUT2D eigenvalue weighted by atomic mass is 10.00. The zero-order chi connectivity index (χ0) is 17.1. The first kappa shape index (κ1) is 17.4. The summed E-state index contributed by atoms with van der Waals surface area (Å²) in [4.78, 5) is 2.19. The van der Waals surface area contributed by atoms with Gasteiger partial charge in [0.05, 0.1) is 17.7 Å². The van der Waals surface area contributed by atoms with Crippen LogP contribution in [-0.4, -0.2) is 52.1 Å². The zero-order valence-electron chi connectivity index (χ0n) is 13.6. The number of nitrogens with one attached hydrogen (secondary N) is 1. The molecular weight excluding hydrogens is 331 g/mol. The third-order valence-corrected chi connectivity index (χ3v) is 4.81. The van der Waals surface area contributed by atoms with E-state index in [0.29, 0.717) is 13.1 Å². The number of likely N-dealkylation sites (tertiary alicyclic amines) is 1. The van der Waals surface area contributed by atoms with Gasteiger partial charge >= 0.3 is 0 Å².